The van der Waals surface area contributed by atoms with Gasteiger partial charge in [0.05, 0.1) is 18.7 Å². The van der Waals surface area contributed by atoms with Crippen LogP contribution < -0.4 is 0 Å². The fourth-order valence-corrected chi connectivity index (χ4v) is 4.39. The first-order valence-electron chi connectivity index (χ1n) is 12.3. The van der Waals surface area contributed by atoms with Crippen molar-refractivity contribution in [3.8, 4) is 0 Å². The third kappa shape index (κ3) is 5.81. The molecule has 1 aromatic heterocycles. The van der Waals surface area contributed by atoms with Crippen LogP contribution in [0.3, 0.4) is 0 Å². The van der Waals surface area contributed by atoms with Crippen LogP contribution in [0.25, 0.3) is 21.8 Å². The molecule has 8 heteroatoms. The van der Waals surface area contributed by atoms with Gasteiger partial charge in [-0.15, -0.1) is 0 Å². The third-order valence-corrected chi connectivity index (χ3v) is 6.34. The number of aromatic nitrogens is 1. The van der Waals surface area contributed by atoms with Gasteiger partial charge in [0.25, 0.3) is 0 Å². The van der Waals surface area contributed by atoms with Crippen LogP contribution >= 0.6 is 0 Å². The molecule has 0 amide bonds. The summed E-state index contributed by atoms with van der Waals surface area (Å²) in [5.74, 6) is -0.875. The quantitative estimate of drug-likeness (QED) is 0.0721. The summed E-state index contributed by atoms with van der Waals surface area (Å²) in [7, 11) is 1.55. The summed E-state index contributed by atoms with van der Waals surface area (Å²) in [6.07, 6.45) is 0.182. The normalized spacial score (nSPS) is 11.6. The van der Waals surface area contributed by atoms with Crippen LogP contribution in [0.1, 0.15) is 47.3 Å². The molecule has 0 radical (unpaired) electrons. The van der Waals surface area contributed by atoms with E-state index in [2.05, 4.69) is 5.16 Å². The summed E-state index contributed by atoms with van der Waals surface area (Å²) in [5.41, 5.74) is 5.22. The molecule has 0 unspecified atom stereocenters. The van der Waals surface area contributed by atoms with Crippen LogP contribution in [0.2, 0.25) is 0 Å². The minimum atomic E-state index is -0.501. The Morgan fingerprint density at radius 3 is 2.18 bits per heavy atom. The summed E-state index contributed by atoms with van der Waals surface area (Å²) < 4.78 is 12.2. The maximum Gasteiger partial charge on any atom is 0.331 e. The van der Waals surface area contributed by atoms with Crippen LogP contribution in [-0.4, -0.2) is 48.3 Å². The zero-order chi connectivity index (χ0) is 27.2. The summed E-state index contributed by atoms with van der Waals surface area (Å²) in [6.45, 7) is 5.91. The van der Waals surface area contributed by atoms with E-state index in [1.54, 1.807) is 14.0 Å². The number of hydrogen-bond donors (Lipinski definition) is 0. The topological polar surface area (TPSA) is 96.2 Å². The number of oxime groups is 1. The van der Waals surface area contributed by atoms with Crippen molar-refractivity contribution in [1.29, 1.82) is 0 Å². The minimum absolute atomic E-state index is 0.0589. The van der Waals surface area contributed by atoms with Crippen LogP contribution in [-0.2, 0) is 30.4 Å². The third-order valence-electron chi connectivity index (χ3n) is 6.34. The van der Waals surface area contributed by atoms with E-state index < -0.39 is 5.97 Å². The van der Waals surface area contributed by atoms with Crippen molar-refractivity contribution >= 4 is 45.2 Å². The van der Waals surface area contributed by atoms with E-state index in [-0.39, 0.29) is 24.8 Å². The molecule has 0 atom stereocenters. The lowest BCUT2D eigenvalue weighted by atomic mass is 9.97. The predicted molar refractivity (Wildman–Crippen MR) is 145 cm³/mol. The highest BCUT2D eigenvalue weighted by Gasteiger charge is 2.17. The number of carbonyl (C=O) groups is 3. The highest BCUT2D eigenvalue weighted by Crippen LogP contribution is 2.32. The first-order valence-corrected chi connectivity index (χ1v) is 12.3. The Labute approximate surface area is 220 Å². The molecule has 8 nitrogen and oxygen atoms in total. The minimum Gasteiger partial charge on any atom is -0.463 e. The van der Waals surface area contributed by atoms with Gasteiger partial charge >= 0.3 is 11.9 Å². The zero-order valence-electron chi connectivity index (χ0n) is 21.9. The van der Waals surface area contributed by atoms with Gasteiger partial charge in [-0.25, -0.2) is 4.79 Å². The molecular weight excluding hydrogens is 484 g/mol. The largest absolute Gasteiger partial charge is 0.463 e. The molecule has 0 saturated heterocycles. The number of ketones is 1. The number of hydrogen-bond acceptors (Lipinski definition) is 7. The first-order chi connectivity index (χ1) is 18.3. The summed E-state index contributed by atoms with van der Waals surface area (Å²) in [4.78, 5) is 41.7. The number of carbonyl (C=O) groups excluding carboxylic acids is 3. The maximum absolute atomic E-state index is 13.4. The molecule has 4 aromatic rings. The molecule has 0 saturated carbocycles. The molecule has 3 aromatic carbocycles. The number of ether oxygens (including phenoxy) is 2. The Morgan fingerprint density at radius 2 is 1.53 bits per heavy atom. The van der Waals surface area contributed by atoms with Gasteiger partial charge in [-0.05, 0) is 55.3 Å². The van der Waals surface area contributed by atoms with Crippen molar-refractivity contribution in [1.82, 2.24) is 4.57 Å². The second-order valence-electron chi connectivity index (χ2n) is 8.98. The van der Waals surface area contributed by atoms with Crippen LogP contribution in [0.4, 0.5) is 0 Å². The predicted octanol–water partition coefficient (Wildman–Crippen LogP) is 5.20. The number of methoxy groups -OCH3 is 1. The van der Waals surface area contributed by atoms with E-state index in [9.17, 15) is 14.4 Å². The fourth-order valence-electron chi connectivity index (χ4n) is 4.39. The fraction of sp³-hybridized carbons (Fsp3) is 0.267. The van der Waals surface area contributed by atoms with Crippen LogP contribution in [0, 0.1) is 6.92 Å². The Morgan fingerprint density at radius 1 is 0.868 bits per heavy atom. The molecular formula is C30H30N2O6. The second kappa shape index (κ2) is 11.8. The Hall–Kier alpha value is -4.30. The molecule has 196 valence electrons. The van der Waals surface area contributed by atoms with Crippen molar-refractivity contribution < 1.29 is 28.7 Å². The van der Waals surface area contributed by atoms with Gasteiger partial charge in [0, 0.05) is 53.5 Å². The second-order valence-corrected chi connectivity index (χ2v) is 8.98. The van der Waals surface area contributed by atoms with Crippen molar-refractivity contribution in [2.45, 2.75) is 33.7 Å². The van der Waals surface area contributed by atoms with Crippen molar-refractivity contribution in [3.05, 3.63) is 82.9 Å². The Bertz CT molecular complexity index is 1550. The number of fused-ring (bicyclic) bond motifs is 3. The molecule has 1 heterocycles. The van der Waals surface area contributed by atoms with Crippen LogP contribution in [0.15, 0.2) is 65.8 Å². The van der Waals surface area contributed by atoms with Crippen molar-refractivity contribution in [2.24, 2.45) is 5.16 Å². The highest BCUT2D eigenvalue weighted by molar-refractivity contribution is 6.16. The molecule has 0 N–H and O–H groups in total. The molecule has 0 fully saturated rings. The Kier molecular flexibility index (Phi) is 8.33. The van der Waals surface area contributed by atoms with E-state index in [4.69, 9.17) is 14.3 Å². The Balaban J connectivity index is 1.79. The van der Waals surface area contributed by atoms with Crippen molar-refractivity contribution in [3.63, 3.8) is 0 Å². The van der Waals surface area contributed by atoms with E-state index in [1.165, 1.54) is 6.92 Å². The highest BCUT2D eigenvalue weighted by atomic mass is 16.7. The number of esters is 1. The van der Waals surface area contributed by atoms with Gasteiger partial charge in [-0.1, -0.05) is 35.5 Å². The van der Waals surface area contributed by atoms with Gasteiger partial charge < -0.3 is 18.9 Å². The summed E-state index contributed by atoms with van der Waals surface area (Å²) in [6, 6.07) is 18.9. The van der Waals surface area contributed by atoms with Gasteiger partial charge in [0.2, 0.25) is 0 Å². The van der Waals surface area contributed by atoms with E-state index in [1.807, 2.05) is 72.2 Å². The lowest BCUT2D eigenvalue weighted by Gasteiger charge is -2.09. The lowest BCUT2D eigenvalue weighted by molar-refractivity contribution is -0.145. The van der Waals surface area contributed by atoms with Gasteiger partial charge in [0.1, 0.15) is 6.61 Å². The van der Waals surface area contributed by atoms with E-state index in [0.717, 1.165) is 32.9 Å². The summed E-state index contributed by atoms with van der Waals surface area (Å²) >= 11 is 0. The van der Waals surface area contributed by atoms with Crippen molar-refractivity contribution in [2.75, 3.05) is 20.3 Å². The van der Waals surface area contributed by atoms with E-state index in [0.29, 0.717) is 30.0 Å². The van der Waals surface area contributed by atoms with Crippen LogP contribution in [0.5, 0.6) is 0 Å². The summed E-state index contributed by atoms with van der Waals surface area (Å²) in [5, 5.41) is 5.67. The molecule has 38 heavy (non-hydrogen) atoms. The smallest absolute Gasteiger partial charge is 0.331 e. The average molecular weight is 515 g/mol. The number of rotatable bonds is 10. The van der Waals surface area contributed by atoms with Gasteiger partial charge in [-0.3, -0.25) is 9.59 Å². The lowest BCUT2D eigenvalue weighted by Crippen LogP contribution is -2.12. The first kappa shape index (κ1) is 26.8. The molecule has 0 spiro atoms. The standard InChI is InChI=1S/C30H30N2O6/c1-19-7-5-6-8-24(19)30(35)23-10-12-28-26(18-23)25-17-22(20(2)31-38-21(3)33)9-11-27(25)32(28)14-13-29(34)37-16-15-36-4/h5-12,17-18H,13-16H2,1-4H3/b31-20+. The number of nitrogens with zero attached hydrogens (tertiary/aromatic N) is 2. The van der Waals surface area contributed by atoms with Gasteiger partial charge in [0.15, 0.2) is 5.78 Å². The average Bonchev–Trinajstić information content (AvgIpc) is 3.22. The molecule has 4 rings (SSSR count). The number of aryl methyl sites for hydroxylation is 2. The molecule has 0 aliphatic carbocycles. The zero-order valence-corrected chi connectivity index (χ0v) is 21.9. The monoisotopic (exact) mass is 514 g/mol. The molecule has 0 aliphatic heterocycles. The van der Waals surface area contributed by atoms with E-state index >= 15 is 0 Å². The molecule has 0 aliphatic rings. The maximum atomic E-state index is 13.4. The SMILES string of the molecule is COCCOC(=O)CCn1c2ccc(C(=O)c3ccccc3C)cc2c2cc(/C(C)=N/OC(C)=O)ccc21. The van der Waals surface area contributed by atoms with Gasteiger partial charge in [-0.2, -0.15) is 0 Å². The molecule has 0 bridgehead atoms. The number of benzene rings is 3.